The Labute approximate surface area is 64.2 Å². The fourth-order valence-electron chi connectivity index (χ4n) is 0.771. The summed E-state index contributed by atoms with van der Waals surface area (Å²) in [4.78, 5) is 2.16. The number of rotatable bonds is 5. The van der Waals surface area contributed by atoms with Crippen LogP contribution in [0, 0.1) is 6.10 Å². The minimum Gasteiger partial charge on any atom is -0.375 e. The average Bonchev–Trinajstić information content (AvgIpc) is 1.90. The number of methoxy groups -OCH3 is 1. The van der Waals surface area contributed by atoms with Crippen LogP contribution in [0.1, 0.15) is 19.8 Å². The second kappa shape index (κ2) is 5.69. The summed E-state index contributed by atoms with van der Waals surface area (Å²) in [5.41, 5.74) is 0. The Balaban J connectivity index is 3.26. The molecule has 0 bridgehead atoms. The SMILES string of the molecule is CC[C](CCN(C)C)OC. The summed E-state index contributed by atoms with van der Waals surface area (Å²) in [6.07, 6.45) is 3.28. The van der Waals surface area contributed by atoms with Crippen molar-refractivity contribution in [3.8, 4) is 0 Å². The molecule has 0 aromatic carbocycles. The topological polar surface area (TPSA) is 12.5 Å². The average molecular weight is 144 g/mol. The van der Waals surface area contributed by atoms with Crippen molar-refractivity contribution in [3.05, 3.63) is 6.10 Å². The van der Waals surface area contributed by atoms with Crippen molar-refractivity contribution >= 4 is 0 Å². The molecule has 1 radical (unpaired) electrons. The molecule has 0 atom stereocenters. The van der Waals surface area contributed by atoms with E-state index in [2.05, 4.69) is 25.9 Å². The summed E-state index contributed by atoms with van der Waals surface area (Å²) in [6, 6.07) is 0. The van der Waals surface area contributed by atoms with Gasteiger partial charge in [-0.05, 0) is 26.9 Å². The Morgan fingerprint density at radius 1 is 1.40 bits per heavy atom. The van der Waals surface area contributed by atoms with Crippen LogP contribution in [0.3, 0.4) is 0 Å². The lowest BCUT2D eigenvalue weighted by Gasteiger charge is -2.14. The summed E-state index contributed by atoms with van der Waals surface area (Å²) in [5, 5.41) is 0. The molecular formula is C8H18NO. The lowest BCUT2D eigenvalue weighted by molar-refractivity contribution is 0.178. The van der Waals surface area contributed by atoms with Crippen LogP contribution in [0.25, 0.3) is 0 Å². The Morgan fingerprint density at radius 3 is 2.30 bits per heavy atom. The Bertz CT molecular complexity index is 69.7. The van der Waals surface area contributed by atoms with E-state index in [1.54, 1.807) is 7.11 Å². The molecule has 0 aliphatic carbocycles. The quantitative estimate of drug-likeness (QED) is 0.580. The van der Waals surface area contributed by atoms with Crippen LogP contribution in [0.2, 0.25) is 0 Å². The molecular weight excluding hydrogens is 126 g/mol. The Hall–Kier alpha value is -0.0800. The molecule has 0 amide bonds. The summed E-state index contributed by atoms with van der Waals surface area (Å²) in [7, 11) is 5.89. The van der Waals surface area contributed by atoms with Gasteiger partial charge in [-0.25, -0.2) is 0 Å². The van der Waals surface area contributed by atoms with E-state index in [1.807, 2.05) is 0 Å². The van der Waals surface area contributed by atoms with E-state index in [1.165, 1.54) is 6.10 Å². The molecule has 0 rings (SSSR count). The van der Waals surface area contributed by atoms with Gasteiger partial charge in [-0.2, -0.15) is 0 Å². The summed E-state index contributed by atoms with van der Waals surface area (Å²) in [6.45, 7) is 3.20. The highest BCUT2D eigenvalue weighted by Crippen LogP contribution is 2.10. The molecule has 0 aliphatic heterocycles. The van der Waals surface area contributed by atoms with Crippen molar-refractivity contribution in [3.63, 3.8) is 0 Å². The van der Waals surface area contributed by atoms with Crippen LogP contribution in [0.4, 0.5) is 0 Å². The molecule has 0 heterocycles. The predicted octanol–water partition coefficient (Wildman–Crippen LogP) is 1.53. The first-order chi connectivity index (χ1) is 4.70. The number of nitrogens with zero attached hydrogens (tertiary/aromatic N) is 1. The van der Waals surface area contributed by atoms with Crippen LogP contribution < -0.4 is 0 Å². The van der Waals surface area contributed by atoms with Gasteiger partial charge < -0.3 is 9.64 Å². The molecule has 2 nitrogen and oxygen atoms in total. The maximum atomic E-state index is 5.14. The van der Waals surface area contributed by atoms with E-state index in [0.717, 1.165) is 19.4 Å². The third kappa shape index (κ3) is 4.77. The van der Waals surface area contributed by atoms with Gasteiger partial charge in [0.05, 0.1) is 6.10 Å². The van der Waals surface area contributed by atoms with Gasteiger partial charge in [-0.1, -0.05) is 6.92 Å². The van der Waals surface area contributed by atoms with Crippen molar-refractivity contribution in [2.75, 3.05) is 27.7 Å². The molecule has 0 saturated heterocycles. The van der Waals surface area contributed by atoms with Crippen LogP contribution in [0.5, 0.6) is 0 Å². The van der Waals surface area contributed by atoms with Gasteiger partial charge in [0.15, 0.2) is 0 Å². The normalized spacial score (nSPS) is 11.4. The minimum atomic E-state index is 1.03. The smallest absolute Gasteiger partial charge is 0.0976 e. The van der Waals surface area contributed by atoms with E-state index >= 15 is 0 Å². The zero-order chi connectivity index (χ0) is 7.98. The molecule has 10 heavy (non-hydrogen) atoms. The highest BCUT2D eigenvalue weighted by molar-refractivity contribution is 4.75. The molecule has 0 unspecified atom stereocenters. The van der Waals surface area contributed by atoms with Crippen molar-refractivity contribution < 1.29 is 4.74 Å². The highest BCUT2D eigenvalue weighted by Gasteiger charge is 2.04. The van der Waals surface area contributed by atoms with Gasteiger partial charge in [-0.3, -0.25) is 0 Å². The predicted molar refractivity (Wildman–Crippen MR) is 43.7 cm³/mol. The molecule has 0 aliphatic rings. The first-order valence-electron chi connectivity index (χ1n) is 3.74. The van der Waals surface area contributed by atoms with E-state index < -0.39 is 0 Å². The van der Waals surface area contributed by atoms with E-state index in [-0.39, 0.29) is 0 Å². The van der Waals surface area contributed by atoms with Crippen molar-refractivity contribution in [1.29, 1.82) is 0 Å². The lowest BCUT2D eigenvalue weighted by atomic mass is 10.2. The Kier molecular flexibility index (Phi) is 5.64. The van der Waals surface area contributed by atoms with Crippen LogP contribution in [-0.4, -0.2) is 32.6 Å². The van der Waals surface area contributed by atoms with Gasteiger partial charge in [0, 0.05) is 13.7 Å². The largest absolute Gasteiger partial charge is 0.375 e. The van der Waals surface area contributed by atoms with Crippen LogP contribution in [-0.2, 0) is 4.74 Å². The van der Waals surface area contributed by atoms with Crippen molar-refractivity contribution in [2.45, 2.75) is 19.8 Å². The molecule has 0 aromatic heterocycles. The minimum absolute atomic E-state index is 1.03. The number of hydrogen-bond acceptors (Lipinski definition) is 2. The lowest BCUT2D eigenvalue weighted by Crippen LogP contribution is -2.16. The second-order valence-electron chi connectivity index (χ2n) is 2.65. The molecule has 61 valence electrons. The molecule has 0 aromatic rings. The molecule has 0 fully saturated rings. The Morgan fingerprint density at radius 2 is 2.00 bits per heavy atom. The summed E-state index contributed by atoms with van der Waals surface area (Å²) in [5.74, 6) is 0. The third-order valence-electron chi connectivity index (χ3n) is 1.52. The van der Waals surface area contributed by atoms with Gasteiger partial charge in [0.1, 0.15) is 0 Å². The van der Waals surface area contributed by atoms with Gasteiger partial charge in [-0.15, -0.1) is 0 Å². The summed E-state index contributed by atoms with van der Waals surface area (Å²) < 4.78 is 5.14. The fourth-order valence-corrected chi connectivity index (χ4v) is 0.771. The van der Waals surface area contributed by atoms with Crippen LogP contribution in [0.15, 0.2) is 0 Å². The number of hydrogen-bond donors (Lipinski definition) is 0. The third-order valence-corrected chi connectivity index (χ3v) is 1.52. The van der Waals surface area contributed by atoms with E-state index in [4.69, 9.17) is 4.74 Å². The summed E-state index contributed by atoms with van der Waals surface area (Å²) >= 11 is 0. The van der Waals surface area contributed by atoms with Crippen molar-refractivity contribution in [1.82, 2.24) is 4.90 Å². The number of ether oxygens (including phenoxy) is 1. The monoisotopic (exact) mass is 144 g/mol. The zero-order valence-corrected chi connectivity index (χ0v) is 7.48. The highest BCUT2D eigenvalue weighted by atomic mass is 16.5. The van der Waals surface area contributed by atoms with Gasteiger partial charge in [0.25, 0.3) is 0 Å². The molecule has 0 spiro atoms. The van der Waals surface area contributed by atoms with Gasteiger partial charge in [0.2, 0.25) is 0 Å². The van der Waals surface area contributed by atoms with Gasteiger partial charge >= 0.3 is 0 Å². The van der Waals surface area contributed by atoms with Crippen LogP contribution >= 0.6 is 0 Å². The zero-order valence-electron chi connectivity index (χ0n) is 7.48. The van der Waals surface area contributed by atoms with E-state index in [0.29, 0.717) is 0 Å². The molecule has 0 saturated carbocycles. The fraction of sp³-hybridized carbons (Fsp3) is 0.875. The maximum absolute atomic E-state index is 5.14. The first kappa shape index (κ1) is 9.92. The van der Waals surface area contributed by atoms with Crippen molar-refractivity contribution in [2.24, 2.45) is 0 Å². The maximum Gasteiger partial charge on any atom is 0.0976 e. The first-order valence-corrected chi connectivity index (χ1v) is 3.74. The second-order valence-corrected chi connectivity index (χ2v) is 2.65. The van der Waals surface area contributed by atoms with E-state index in [9.17, 15) is 0 Å². The molecule has 2 heteroatoms. The standard InChI is InChI=1S/C8H18NO/c1-5-8(10-4)6-7-9(2)3/h5-7H2,1-4H3. The molecule has 0 N–H and O–H groups in total.